The minimum atomic E-state index is -0.635. The molecule has 1 atom stereocenters. The van der Waals surface area contributed by atoms with Gasteiger partial charge in [-0.15, -0.1) is 0 Å². The Morgan fingerprint density at radius 3 is 2.71 bits per heavy atom. The molecule has 0 spiro atoms. The summed E-state index contributed by atoms with van der Waals surface area (Å²) < 4.78 is 16.7. The first-order valence-corrected chi connectivity index (χ1v) is 8.66. The third-order valence-corrected chi connectivity index (χ3v) is 4.05. The van der Waals surface area contributed by atoms with Gasteiger partial charge in [-0.05, 0) is 37.5 Å². The first-order valence-electron chi connectivity index (χ1n) is 7.87. The van der Waals surface area contributed by atoms with Crippen molar-refractivity contribution in [1.82, 2.24) is 0 Å². The number of ether oxygens (including phenoxy) is 2. The Balaban J connectivity index is 2.02. The monoisotopic (exact) mass is 396 g/mol. The number of hydrogen-bond donors (Lipinski definition) is 0. The fourth-order valence-electron chi connectivity index (χ4n) is 2.14. The van der Waals surface area contributed by atoms with Crippen LogP contribution in [0.5, 0.6) is 0 Å². The van der Waals surface area contributed by atoms with E-state index >= 15 is 0 Å². The lowest BCUT2D eigenvalue weighted by molar-refractivity contribution is -0.157. The molecule has 5 nitrogen and oxygen atoms in total. The Labute approximate surface area is 149 Å². The molecule has 0 saturated carbocycles. The van der Waals surface area contributed by atoms with Crippen LogP contribution in [-0.4, -0.2) is 18.7 Å². The van der Waals surface area contributed by atoms with Gasteiger partial charge in [0.15, 0.2) is 6.10 Å². The third-order valence-electron chi connectivity index (χ3n) is 3.56. The van der Waals surface area contributed by atoms with Crippen molar-refractivity contribution in [2.24, 2.45) is 5.92 Å². The lowest BCUT2D eigenvalue weighted by Gasteiger charge is -2.14. The number of fused-ring (bicyclic) bond motifs is 1. The Bertz CT molecular complexity index is 766. The summed E-state index contributed by atoms with van der Waals surface area (Å²) in [4.78, 5) is 23.7. The molecule has 2 rings (SSSR count). The normalized spacial score (nSPS) is 12.5. The van der Waals surface area contributed by atoms with Gasteiger partial charge in [-0.3, -0.25) is 0 Å². The van der Waals surface area contributed by atoms with Gasteiger partial charge >= 0.3 is 11.6 Å². The van der Waals surface area contributed by atoms with Crippen LogP contribution in [0, 0.1) is 5.92 Å². The van der Waals surface area contributed by atoms with Crippen molar-refractivity contribution >= 4 is 32.9 Å². The molecule has 1 aromatic heterocycles. The highest BCUT2D eigenvalue weighted by Crippen LogP contribution is 2.22. The van der Waals surface area contributed by atoms with Gasteiger partial charge in [0.05, 0.1) is 0 Å². The predicted molar refractivity (Wildman–Crippen MR) is 94.8 cm³/mol. The average molecular weight is 397 g/mol. The largest absolute Gasteiger partial charge is 0.459 e. The molecular formula is C18H21BrO5. The van der Waals surface area contributed by atoms with Crippen LogP contribution in [-0.2, 0) is 20.9 Å². The highest BCUT2D eigenvalue weighted by atomic mass is 79.9. The van der Waals surface area contributed by atoms with Gasteiger partial charge in [0.2, 0.25) is 0 Å². The van der Waals surface area contributed by atoms with Crippen molar-refractivity contribution in [3.63, 3.8) is 0 Å². The van der Waals surface area contributed by atoms with Crippen LogP contribution in [0.2, 0.25) is 0 Å². The van der Waals surface area contributed by atoms with Crippen molar-refractivity contribution < 1.29 is 18.7 Å². The minimum Gasteiger partial charge on any atom is -0.459 e. The molecular weight excluding hydrogens is 376 g/mol. The van der Waals surface area contributed by atoms with E-state index in [2.05, 4.69) is 29.8 Å². The molecule has 0 aliphatic heterocycles. The fourth-order valence-corrected chi connectivity index (χ4v) is 2.48. The summed E-state index contributed by atoms with van der Waals surface area (Å²) in [7, 11) is 0. The molecule has 0 bridgehead atoms. The lowest BCUT2D eigenvalue weighted by atomic mass is 10.1. The quantitative estimate of drug-likeness (QED) is 0.521. The summed E-state index contributed by atoms with van der Waals surface area (Å²) in [6.45, 7) is 6.37. The summed E-state index contributed by atoms with van der Waals surface area (Å²) in [6.07, 6.45) is 0.251. The van der Waals surface area contributed by atoms with Crippen LogP contribution < -0.4 is 5.63 Å². The first-order chi connectivity index (χ1) is 11.4. The second-order valence-electron chi connectivity index (χ2n) is 6.03. The third kappa shape index (κ3) is 5.18. The maximum absolute atomic E-state index is 12.0. The second kappa shape index (κ2) is 8.44. The van der Waals surface area contributed by atoms with E-state index < -0.39 is 17.7 Å². The number of carbonyl (C=O) groups excluding carboxylic acids is 1. The molecule has 1 unspecified atom stereocenters. The summed E-state index contributed by atoms with van der Waals surface area (Å²) in [5, 5.41) is 0.735. The molecule has 24 heavy (non-hydrogen) atoms. The summed E-state index contributed by atoms with van der Waals surface area (Å²) >= 11 is 3.33. The van der Waals surface area contributed by atoms with Crippen LogP contribution in [0.4, 0.5) is 0 Å². The summed E-state index contributed by atoms with van der Waals surface area (Å²) in [6, 6.07) is 6.70. The maximum Gasteiger partial charge on any atom is 0.336 e. The van der Waals surface area contributed by atoms with Gasteiger partial charge < -0.3 is 13.9 Å². The van der Waals surface area contributed by atoms with Gasteiger partial charge in [-0.2, -0.15) is 0 Å². The van der Waals surface area contributed by atoms with Crippen LogP contribution in [0.3, 0.4) is 0 Å². The van der Waals surface area contributed by atoms with Crippen molar-refractivity contribution in [3.8, 4) is 0 Å². The van der Waals surface area contributed by atoms with Gasteiger partial charge in [0.25, 0.3) is 0 Å². The fraction of sp³-hybridized carbons (Fsp3) is 0.444. The Hall–Kier alpha value is -1.66. The molecule has 1 aromatic carbocycles. The number of benzene rings is 1. The Morgan fingerprint density at radius 2 is 2.00 bits per heavy atom. The number of esters is 1. The standard InChI is InChI=1S/C18H21BrO5/c1-11(2)6-7-22-12(3)18(21)23-10-13-8-17(20)24-16-9-14(19)4-5-15(13)16/h4-5,8-9,11-12H,6-7,10H2,1-3H3. The molecule has 0 saturated heterocycles. The number of rotatable bonds is 7. The van der Waals surface area contributed by atoms with Gasteiger partial charge in [-0.25, -0.2) is 9.59 Å². The van der Waals surface area contributed by atoms with E-state index in [0.29, 0.717) is 23.7 Å². The van der Waals surface area contributed by atoms with Crippen LogP contribution in [0.1, 0.15) is 32.8 Å². The second-order valence-corrected chi connectivity index (χ2v) is 6.95. The van der Waals surface area contributed by atoms with E-state index in [9.17, 15) is 9.59 Å². The molecule has 130 valence electrons. The zero-order valence-corrected chi connectivity index (χ0v) is 15.6. The maximum atomic E-state index is 12.0. The zero-order valence-electron chi connectivity index (χ0n) is 14.0. The van der Waals surface area contributed by atoms with E-state index in [1.807, 2.05) is 12.1 Å². The molecule has 6 heteroatoms. The van der Waals surface area contributed by atoms with E-state index in [-0.39, 0.29) is 6.61 Å². The van der Waals surface area contributed by atoms with Crippen LogP contribution in [0.15, 0.2) is 37.9 Å². The average Bonchev–Trinajstić information content (AvgIpc) is 2.51. The number of hydrogen-bond acceptors (Lipinski definition) is 5. The van der Waals surface area contributed by atoms with E-state index in [1.54, 1.807) is 13.0 Å². The minimum absolute atomic E-state index is 0.000443. The van der Waals surface area contributed by atoms with E-state index in [4.69, 9.17) is 13.9 Å². The van der Waals surface area contributed by atoms with Crippen molar-refractivity contribution in [2.75, 3.05) is 6.61 Å². The van der Waals surface area contributed by atoms with Crippen LogP contribution in [0.25, 0.3) is 11.0 Å². The molecule has 0 fully saturated rings. The lowest BCUT2D eigenvalue weighted by Crippen LogP contribution is -2.24. The molecule has 1 heterocycles. The number of halogens is 1. The molecule has 0 aliphatic carbocycles. The summed E-state index contributed by atoms with van der Waals surface area (Å²) in [5.41, 5.74) is 0.577. The zero-order chi connectivity index (χ0) is 17.7. The molecule has 2 aromatic rings. The van der Waals surface area contributed by atoms with Gasteiger partial charge in [0.1, 0.15) is 12.2 Å². The van der Waals surface area contributed by atoms with Crippen LogP contribution >= 0.6 is 15.9 Å². The van der Waals surface area contributed by atoms with Gasteiger partial charge in [-0.1, -0.05) is 29.8 Å². The highest BCUT2D eigenvalue weighted by molar-refractivity contribution is 9.10. The highest BCUT2D eigenvalue weighted by Gasteiger charge is 2.16. The smallest absolute Gasteiger partial charge is 0.336 e. The summed E-state index contributed by atoms with van der Waals surface area (Å²) in [5.74, 6) is 0.0692. The van der Waals surface area contributed by atoms with Crippen molar-refractivity contribution in [3.05, 3.63) is 44.7 Å². The Morgan fingerprint density at radius 1 is 1.25 bits per heavy atom. The van der Waals surface area contributed by atoms with Gasteiger partial charge in [0, 0.05) is 28.1 Å². The number of carbonyl (C=O) groups is 1. The molecule has 0 aliphatic rings. The van der Waals surface area contributed by atoms with E-state index in [1.165, 1.54) is 6.07 Å². The molecule has 0 amide bonds. The SMILES string of the molecule is CC(C)CCOC(C)C(=O)OCc1cc(=O)oc2cc(Br)ccc12. The molecule has 0 N–H and O–H groups in total. The molecule has 0 radical (unpaired) electrons. The van der Waals surface area contributed by atoms with E-state index in [0.717, 1.165) is 16.3 Å². The first kappa shape index (κ1) is 18.7. The van der Waals surface area contributed by atoms with Crippen molar-refractivity contribution in [1.29, 1.82) is 0 Å². The van der Waals surface area contributed by atoms with Crippen molar-refractivity contribution in [2.45, 2.75) is 39.9 Å². The predicted octanol–water partition coefficient (Wildman–Crippen LogP) is 4.05. The Kier molecular flexibility index (Phi) is 6.57. The topological polar surface area (TPSA) is 65.7 Å².